The Hall–Kier alpha value is -1.45. The van der Waals surface area contributed by atoms with Gasteiger partial charge >= 0.3 is 0 Å². The van der Waals surface area contributed by atoms with Gasteiger partial charge in [-0.3, -0.25) is 4.79 Å². The number of amides is 1. The van der Waals surface area contributed by atoms with E-state index in [9.17, 15) is 4.79 Å². The smallest absolute Gasteiger partial charge is 0.267 e. The maximum Gasteiger partial charge on any atom is 0.267 e. The Kier molecular flexibility index (Phi) is 1.76. The Morgan fingerprint density at radius 3 is 2.77 bits per heavy atom. The molecule has 1 amide bonds. The van der Waals surface area contributed by atoms with Gasteiger partial charge in [0.05, 0.1) is 0 Å². The van der Waals surface area contributed by atoms with Crippen molar-refractivity contribution in [2.24, 2.45) is 5.73 Å². The summed E-state index contributed by atoms with van der Waals surface area (Å²) in [7, 11) is 0. The second-order valence-corrected chi connectivity index (χ2v) is 3.39. The summed E-state index contributed by atoms with van der Waals surface area (Å²) in [6.07, 6.45) is 2.25. The van der Waals surface area contributed by atoms with Crippen LogP contribution in [0.15, 0.2) is 6.07 Å². The van der Waals surface area contributed by atoms with Crippen molar-refractivity contribution in [3.05, 3.63) is 23.3 Å². The zero-order valence-electron chi connectivity index (χ0n) is 7.45. The first-order valence-electron chi connectivity index (χ1n) is 4.32. The van der Waals surface area contributed by atoms with Crippen LogP contribution in [0.5, 0.6) is 0 Å². The molecule has 0 saturated heterocycles. The topological polar surface area (TPSA) is 68.9 Å². The third kappa shape index (κ3) is 1.66. The van der Waals surface area contributed by atoms with Gasteiger partial charge in [-0.25, -0.2) is 9.97 Å². The first-order chi connectivity index (χ1) is 6.16. The quantitative estimate of drug-likeness (QED) is 0.725. The molecule has 4 nitrogen and oxygen atoms in total. The van der Waals surface area contributed by atoms with Crippen LogP contribution < -0.4 is 5.73 Å². The Morgan fingerprint density at radius 1 is 1.54 bits per heavy atom. The van der Waals surface area contributed by atoms with Gasteiger partial charge in [-0.15, -0.1) is 0 Å². The maximum absolute atomic E-state index is 10.9. The van der Waals surface area contributed by atoms with E-state index in [1.54, 1.807) is 6.07 Å². The molecule has 0 aliphatic heterocycles. The monoisotopic (exact) mass is 177 g/mol. The molecule has 4 heteroatoms. The number of primary amides is 1. The van der Waals surface area contributed by atoms with Crippen LogP contribution in [-0.4, -0.2) is 15.9 Å². The van der Waals surface area contributed by atoms with Gasteiger partial charge in [0.2, 0.25) is 0 Å². The number of carbonyl (C=O) groups excluding carboxylic acids is 1. The molecule has 1 aromatic heterocycles. The first-order valence-corrected chi connectivity index (χ1v) is 4.32. The molecule has 0 radical (unpaired) electrons. The summed E-state index contributed by atoms with van der Waals surface area (Å²) in [6.45, 7) is 1.85. The molecule has 1 aliphatic carbocycles. The first kappa shape index (κ1) is 8.16. The lowest BCUT2D eigenvalue weighted by Crippen LogP contribution is -2.15. The fourth-order valence-electron chi connectivity index (χ4n) is 1.24. The van der Waals surface area contributed by atoms with E-state index in [1.807, 2.05) is 6.92 Å². The van der Waals surface area contributed by atoms with Crippen LogP contribution >= 0.6 is 0 Å². The molecule has 1 saturated carbocycles. The van der Waals surface area contributed by atoms with Gasteiger partial charge in [0.15, 0.2) is 0 Å². The number of hydrogen-bond acceptors (Lipinski definition) is 3. The molecule has 0 unspecified atom stereocenters. The van der Waals surface area contributed by atoms with E-state index in [0.29, 0.717) is 11.6 Å². The SMILES string of the molecule is Cc1cc(C(N)=O)nc(C2CC2)n1. The lowest BCUT2D eigenvalue weighted by molar-refractivity contribution is 0.0995. The summed E-state index contributed by atoms with van der Waals surface area (Å²) in [5.41, 5.74) is 6.28. The van der Waals surface area contributed by atoms with E-state index in [0.717, 1.165) is 24.4 Å². The molecule has 0 atom stereocenters. The minimum Gasteiger partial charge on any atom is -0.364 e. The Bertz CT molecular complexity index is 358. The van der Waals surface area contributed by atoms with Crippen LogP contribution in [-0.2, 0) is 0 Å². The molecule has 1 aromatic rings. The Labute approximate surface area is 76.2 Å². The molecule has 0 spiro atoms. The second-order valence-electron chi connectivity index (χ2n) is 3.39. The van der Waals surface area contributed by atoms with Gasteiger partial charge in [0, 0.05) is 11.6 Å². The average Bonchev–Trinajstić information content (AvgIpc) is 2.85. The second kappa shape index (κ2) is 2.80. The zero-order valence-corrected chi connectivity index (χ0v) is 7.45. The Balaban J connectivity index is 2.41. The number of carbonyl (C=O) groups is 1. The van der Waals surface area contributed by atoms with Crippen molar-refractivity contribution in [2.45, 2.75) is 25.7 Å². The molecule has 13 heavy (non-hydrogen) atoms. The van der Waals surface area contributed by atoms with Gasteiger partial charge < -0.3 is 5.73 Å². The number of hydrogen-bond donors (Lipinski definition) is 1. The van der Waals surface area contributed by atoms with Gasteiger partial charge in [-0.1, -0.05) is 0 Å². The molecule has 1 aliphatic rings. The summed E-state index contributed by atoms with van der Waals surface area (Å²) >= 11 is 0. The lowest BCUT2D eigenvalue weighted by Gasteiger charge is -2.01. The molecule has 0 aromatic carbocycles. The fourth-order valence-corrected chi connectivity index (χ4v) is 1.24. The van der Waals surface area contributed by atoms with Crippen molar-refractivity contribution in [1.29, 1.82) is 0 Å². The number of nitrogens with two attached hydrogens (primary N) is 1. The summed E-state index contributed by atoms with van der Waals surface area (Å²) in [5.74, 6) is 0.749. The lowest BCUT2D eigenvalue weighted by atomic mass is 10.3. The number of aromatic nitrogens is 2. The molecule has 1 heterocycles. The molecule has 1 fully saturated rings. The van der Waals surface area contributed by atoms with E-state index in [2.05, 4.69) is 9.97 Å². The summed E-state index contributed by atoms with van der Waals surface area (Å²) in [4.78, 5) is 19.2. The van der Waals surface area contributed by atoms with Gasteiger partial charge in [0.1, 0.15) is 11.5 Å². The standard InChI is InChI=1S/C9H11N3O/c1-5-4-7(8(10)13)12-9(11-5)6-2-3-6/h4,6H,2-3H2,1H3,(H2,10,13). The normalized spacial score (nSPS) is 15.8. The van der Waals surface area contributed by atoms with Gasteiger partial charge in [-0.05, 0) is 25.8 Å². The van der Waals surface area contributed by atoms with E-state index in [-0.39, 0.29) is 0 Å². The van der Waals surface area contributed by atoms with Gasteiger partial charge in [-0.2, -0.15) is 0 Å². The van der Waals surface area contributed by atoms with E-state index in [1.165, 1.54) is 0 Å². The molecule has 2 rings (SSSR count). The highest BCUT2D eigenvalue weighted by Gasteiger charge is 2.27. The molecule has 2 N–H and O–H groups in total. The van der Waals surface area contributed by atoms with Crippen LogP contribution in [0.25, 0.3) is 0 Å². The minimum absolute atomic E-state index is 0.328. The van der Waals surface area contributed by atoms with Crippen molar-refractivity contribution < 1.29 is 4.79 Å². The summed E-state index contributed by atoms with van der Waals surface area (Å²) < 4.78 is 0. The summed E-state index contributed by atoms with van der Waals surface area (Å²) in [5, 5.41) is 0. The number of aryl methyl sites for hydroxylation is 1. The van der Waals surface area contributed by atoms with Crippen molar-refractivity contribution in [2.75, 3.05) is 0 Å². The zero-order chi connectivity index (χ0) is 9.42. The third-order valence-electron chi connectivity index (χ3n) is 2.07. The minimum atomic E-state index is -0.479. The number of rotatable bonds is 2. The van der Waals surface area contributed by atoms with Crippen molar-refractivity contribution in [3.8, 4) is 0 Å². The highest BCUT2D eigenvalue weighted by atomic mass is 16.1. The highest BCUT2D eigenvalue weighted by molar-refractivity contribution is 5.90. The average molecular weight is 177 g/mol. The predicted molar refractivity (Wildman–Crippen MR) is 47.3 cm³/mol. The van der Waals surface area contributed by atoms with Crippen LogP contribution in [0.1, 0.15) is 40.8 Å². The maximum atomic E-state index is 10.9. The van der Waals surface area contributed by atoms with Crippen molar-refractivity contribution in [1.82, 2.24) is 9.97 Å². The van der Waals surface area contributed by atoms with Crippen molar-refractivity contribution in [3.63, 3.8) is 0 Å². The molecular weight excluding hydrogens is 166 g/mol. The molecular formula is C9H11N3O. The highest BCUT2D eigenvalue weighted by Crippen LogP contribution is 2.37. The van der Waals surface area contributed by atoms with E-state index < -0.39 is 5.91 Å². The third-order valence-corrected chi connectivity index (χ3v) is 2.07. The van der Waals surface area contributed by atoms with Crippen LogP contribution in [0, 0.1) is 6.92 Å². The molecule has 68 valence electrons. The van der Waals surface area contributed by atoms with Gasteiger partial charge in [0.25, 0.3) is 5.91 Å². The Morgan fingerprint density at radius 2 is 2.23 bits per heavy atom. The van der Waals surface area contributed by atoms with Crippen LogP contribution in [0.4, 0.5) is 0 Å². The van der Waals surface area contributed by atoms with Crippen molar-refractivity contribution >= 4 is 5.91 Å². The largest absolute Gasteiger partial charge is 0.364 e. The van der Waals surface area contributed by atoms with E-state index in [4.69, 9.17) is 5.73 Å². The summed E-state index contributed by atoms with van der Waals surface area (Å²) in [6, 6.07) is 1.62. The fraction of sp³-hybridized carbons (Fsp3) is 0.444. The van der Waals surface area contributed by atoms with Crippen LogP contribution in [0.2, 0.25) is 0 Å². The van der Waals surface area contributed by atoms with E-state index >= 15 is 0 Å². The predicted octanol–water partition coefficient (Wildman–Crippen LogP) is 0.761. The van der Waals surface area contributed by atoms with Crippen LogP contribution in [0.3, 0.4) is 0 Å². The number of nitrogens with zero attached hydrogens (tertiary/aromatic N) is 2. The molecule has 0 bridgehead atoms.